The van der Waals surface area contributed by atoms with Gasteiger partial charge in [-0.25, -0.2) is 4.39 Å². The van der Waals surface area contributed by atoms with Gasteiger partial charge in [-0.1, -0.05) is 0 Å². The highest BCUT2D eigenvalue weighted by Gasteiger charge is 1.75. The van der Waals surface area contributed by atoms with Gasteiger partial charge >= 0.3 is 0 Å². The molecule has 3 nitrogen and oxygen atoms in total. The average Bonchev–Trinajstić information content (AvgIpc) is 1.61. The molecule has 0 rings (SSSR count). The summed E-state index contributed by atoms with van der Waals surface area (Å²) in [6.07, 6.45) is 0. The van der Waals surface area contributed by atoms with Crippen LogP contribution in [0.15, 0.2) is 0 Å². The van der Waals surface area contributed by atoms with Crippen molar-refractivity contribution in [1.82, 2.24) is 0 Å². The molecule has 0 radical (unpaired) electrons. The highest BCUT2D eigenvalue weighted by molar-refractivity contribution is 7.94. The van der Waals surface area contributed by atoms with Crippen molar-refractivity contribution >= 4 is 12.0 Å². The number of rotatable bonds is 3. The first-order valence-corrected chi connectivity index (χ1v) is 1.97. The molecule has 0 bridgehead atoms. The molecule has 0 aromatic carbocycles. The summed E-state index contributed by atoms with van der Waals surface area (Å²) < 4.78 is 14.3. The van der Waals surface area contributed by atoms with Gasteiger partial charge in [-0.15, -0.1) is 0 Å². The third-order valence-electron chi connectivity index (χ3n) is 0.120. The van der Waals surface area contributed by atoms with Crippen LogP contribution in [0.25, 0.3) is 0 Å². The van der Waals surface area contributed by atoms with Crippen molar-refractivity contribution in [2.45, 2.75) is 0 Å². The van der Waals surface area contributed by atoms with E-state index in [4.69, 9.17) is 5.26 Å². The van der Waals surface area contributed by atoms with Crippen LogP contribution in [0.1, 0.15) is 0 Å². The van der Waals surface area contributed by atoms with E-state index in [0.29, 0.717) is 12.0 Å². The lowest BCUT2D eigenvalue weighted by Crippen LogP contribution is -2.00. The first kappa shape index (κ1) is 6.16. The zero-order valence-corrected chi connectivity index (χ0v) is 3.53. The lowest BCUT2D eigenvalue weighted by atomic mass is 11.8. The Morgan fingerprint density at radius 3 is 2.67 bits per heavy atom. The largest absolute Gasteiger partial charge is 0.691 e. The van der Waals surface area contributed by atoms with Gasteiger partial charge in [0.15, 0.2) is 6.01 Å². The topological polar surface area (TPSA) is 41.5 Å². The van der Waals surface area contributed by atoms with Crippen LogP contribution in [0.4, 0.5) is 4.39 Å². The fourth-order valence-electron chi connectivity index (χ4n) is 0.0378. The van der Waals surface area contributed by atoms with Crippen LogP contribution in [0.5, 0.6) is 0 Å². The Hall–Kier alpha value is 0.160. The van der Waals surface area contributed by atoms with Crippen LogP contribution < -0.4 is 5.26 Å². The van der Waals surface area contributed by atoms with Crippen LogP contribution >= 0.6 is 12.0 Å². The van der Waals surface area contributed by atoms with E-state index in [1.165, 1.54) is 0 Å². The molecule has 0 atom stereocenters. The van der Waals surface area contributed by atoms with E-state index in [2.05, 4.69) is 9.37 Å². The predicted molar refractivity (Wildman–Crippen MR) is 15.7 cm³/mol. The van der Waals surface area contributed by atoms with Crippen molar-refractivity contribution in [1.29, 1.82) is 0 Å². The van der Waals surface area contributed by atoms with Crippen molar-refractivity contribution in [3.05, 3.63) is 0 Å². The summed E-state index contributed by atoms with van der Waals surface area (Å²) in [7, 11) is 0. The molecule has 0 spiro atoms. The average molecular weight is 113 g/mol. The van der Waals surface area contributed by atoms with Crippen molar-refractivity contribution in [3.63, 3.8) is 0 Å². The van der Waals surface area contributed by atoms with Crippen LogP contribution in [0.2, 0.25) is 0 Å². The SMILES string of the molecule is [O-]OOSCF. The number of hydrogen-bond acceptors (Lipinski definition) is 4. The summed E-state index contributed by atoms with van der Waals surface area (Å²) in [6, 6.07) is -0.776. The van der Waals surface area contributed by atoms with E-state index in [-0.39, 0.29) is 0 Å². The molecule has 0 aromatic rings. The second-order valence-electron chi connectivity index (χ2n) is 0.363. The lowest BCUT2D eigenvalue weighted by Gasteiger charge is -1.98. The summed E-state index contributed by atoms with van der Waals surface area (Å²) in [6.45, 7) is 0. The first-order chi connectivity index (χ1) is 2.91. The molecular formula is CH2FO3S-. The lowest BCUT2D eigenvalue weighted by molar-refractivity contribution is -0.777. The van der Waals surface area contributed by atoms with E-state index in [1.807, 2.05) is 0 Å². The van der Waals surface area contributed by atoms with Crippen LogP contribution in [0.3, 0.4) is 0 Å². The quantitative estimate of drug-likeness (QED) is 0.220. The van der Waals surface area contributed by atoms with E-state index in [1.54, 1.807) is 0 Å². The van der Waals surface area contributed by atoms with Gasteiger partial charge in [-0.3, -0.25) is 5.04 Å². The fourth-order valence-corrected chi connectivity index (χ4v) is 0.113. The van der Waals surface area contributed by atoms with Crippen LogP contribution in [-0.4, -0.2) is 6.01 Å². The Bertz CT molecular complexity index is 22.8. The molecule has 0 fully saturated rings. The highest BCUT2D eigenvalue weighted by Crippen LogP contribution is 1.98. The summed E-state index contributed by atoms with van der Waals surface area (Å²) >= 11 is 0.307. The molecule has 0 amide bonds. The summed E-state index contributed by atoms with van der Waals surface area (Å²) in [5, 5.41) is 11.5. The second kappa shape index (κ2) is 5.16. The van der Waals surface area contributed by atoms with E-state index < -0.39 is 6.01 Å². The minimum atomic E-state index is -0.776. The van der Waals surface area contributed by atoms with Crippen molar-refractivity contribution in [3.8, 4) is 0 Å². The molecule has 0 N–H and O–H groups in total. The highest BCUT2D eigenvalue weighted by atomic mass is 32.2. The first-order valence-electron chi connectivity index (χ1n) is 1.06. The molecule has 6 heavy (non-hydrogen) atoms. The zero-order valence-electron chi connectivity index (χ0n) is 2.72. The molecule has 0 aliphatic carbocycles. The summed E-state index contributed by atoms with van der Waals surface area (Å²) in [5.74, 6) is 0. The second-order valence-corrected chi connectivity index (χ2v) is 0.953. The normalized spacial score (nSPS) is 9.00. The van der Waals surface area contributed by atoms with Gasteiger partial charge in [-0.2, -0.15) is 4.33 Å². The monoisotopic (exact) mass is 113 g/mol. The third-order valence-corrected chi connectivity index (χ3v) is 0.361. The Morgan fingerprint density at radius 1 is 1.83 bits per heavy atom. The molecule has 0 heterocycles. The molecule has 0 saturated heterocycles. The Balaban J connectivity index is 2.34. The van der Waals surface area contributed by atoms with Gasteiger partial charge in [0, 0.05) is 0 Å². The molecule has 0 aliphatic rings. The van der Waals surface area contributed by atoms with Gasteiger partial charge in [0.2, 0.25) is 0 Å². The van der Waals surface area contributed by atoms with Gasteiger partial charge in [0.05, 0.1) is 12.0 Å². The number of hydrogen-bond donors (Lipinski definition) is 0. The standard InChI is InChI=1S/CH3FO3S/c2-1-6-5-4-3/h3H,1H2/p-1. The Morgan fingerprint density at radius 2 is 2.50 bits per heavy atom. The summed E-state index contributed by atoms with van der Waals surface area (Å²) in [4.78, 5) is 0. The van der Waals surface area contributed by atoms with Crippen molar-refractivity contribution < 1.29 is 19.0 Å². The zero-order chi connectivity index (χ0) is 4.83. The van der Waals surface area contributed by atoms with Gasteiger partial charge in [0.1, 0.15) is 0 Å². The van der Waals surface area contributed by atoms with Gasteiger partial charge < -0.3 is 5.26 Å². The number of alkyl halides is 1. The third kappa shape index (κ3) is 4.16. The summed E-state index contributed by atoms with van der Waals surface area (Å²) in [5.41, 5.74) is 0. The molecule has 0 saturated carbocycles. The Kier molecular flexibility index (Phi) is 5.30. The predicted octanol–water partition coefficient (Wildman–Crippen LogP) is -0.215. The maximum atomic E-state index is 10.8. The van der Waals surface area contributed by atoms with Gasteiger partial charge in [-0.05, 0) is 0 Å². The molecule has 0 unspecified atom stereocenters. The Labute approximate surface area is 38.1 Å². The minimum Gasteiger partial charge on any atom is -0.691 e. The van der Waals surface area contributed by atoms with Crippen molar-refractivity contribution in [2.75, 3.05) is 6.01 Å². The maximum absolute atomic E-state index is 10.8. The smallest absolute Gasteiger partial charge is 0.164 e. The fraction of sp³-hybridized carbons (Fsp3) is 1.00. The number of halogens is 1. The van der Waals surface area contributed by atoms with E-state index in [0.717, 1.165) is 0 Å². The molecule has 38 valence electrons. The van der Waals surface area contributed by atoms with E-state index >= 15 is 0 Å². The molecule has 0 aromatic heterocycles. The molecular weight excluding hydrogens is 111 g/mol. The molecule has 0 aliphatic heterocycles. The molecule has 5 heteroatoms. The maximum Gasteiger partial charge on any atom is 0.164 e. The van der Waals surface area contributed by atoms with E-state index in [9.17, 15) is 4.39 Å². The minimum absolute atomic E-state index is 0.307. The van der Waals surface area contributed by atoms with Crippen molar-refractivity contribution in [2.24, 2.45) is 0 Å². The van der Waals surface area contributed by atoms with Crippen LogP contribution in [0, 0.1) is 0 Å². The van der Waals surface area contributed by atoms with Crippen LogP contribution in [-0.2, 0) is 9.37 Å². The van der Waals surface area contributed by atoms with Gasteiger partial charge in [0.25, 0.3) is 0 Å².